The number of rotatable bonds is 2. The van der Waals surface area contributed by atoms with Crippen molar-refractivity contribution in [3.8, 4) is 0 Å². The maximum absolute atomic E-state index is 12.7. The Hall–Kier alpha value is -1.52. The molecule has 1 aliphatic heterocycles. The zero-order valence-electron chi connectivity index (χ0n) is 24.0. The van der Waals surface area contributed by atoms with E-state index in [4.69, 9.17) is 0 Å². The SMILES string of the molecule is CC1C(=O)C(=O)C=C2C1=CC=C1[C@@]2(C)CC[C@@]2(C)[C@@H]3C[C@](C)(CN4CC[C@H](O)C4)CC[C@]3(C)CC[C@]12C. The number of hydrogen-bond acceptors (Lipinski definition) is 4. The minimum Gasteiger partial charge on any atom is -0.392 e. The van der Waals surface area contributed by atoms with E-state index in [1.807, 2.05) is 6.92 Å². The molecule has 8 atom stereocenters. The molecule has 37 heavy (non-hydrogen) atoms. The molecule has 0 radical (unpaired) electrons. The molecule has 6 rings (SSSR count). The topological polar surface area (TPSA) is 57.6 Å². The van der Waals surface area contributed by atoms with E-state index in [1.54, 1.807) is 6.08 Å². The minimum atomic E-state index is -0.332. The Kier molecular flexibility index (Phi) is 5.57. The highest BCUT2D eigenvalue weighted by Crippen LogP contribution is 2.75. The van der Waals surface area contributed by atoms with Crippen LogP contribution in [0, 0.1) is 38.9 Å². The minimum absolute atomic E-state index is 0.0723. The van der Waals surface area contributed by atoms with Crippen molar-refractivity contribution in [2.75, 3.05) is 19.6 Å². The van der Waals surface area contributed by atoms with Gasteiger partial charge in [0.1, 0.15) is 0 Å². The Morgan fingerprint density at radius 3 is 2.41 bits per heavy atom. The number of carbonyl (C=O) groups is 2. The van der Waals surface area contributed by atoms with Gasteiger partial charge >= 0.3 is 0 Å². The van der Waals surface area contributed by atoms with Gasteiger partial charge < -0.3 is 10.0 Å². The van der Waals surface area contributed by atoms with Gasteiger partial charge in [-0.2, -0.15) is 0 Å². The van der Waals surface area contributed by atoms with E-state index >= 15 is 0 Å². The summed E-state index contributed by atoms with van der Waals surface area (Å²) >= 11 is 0. The number of ketones is 2. The van der Waals surface area contributed by atoms with Gasteiger partial charge in [0.15, 0.2) is 0 Å². The van der Waals surface area contributed by atoms with Gasteiger partial charge in [-0.25, -0.2) is 0 Å². The van der Waals surface area contributed by atoms with E-state index in [-0.39, 0.29) is 39.8 Å². The maximum Gasteiger partial charge on any atom is 0.222 e. The molecular formula is C33H47NO3. The first-order valence-electron chi connectivity index (χ1n) is 14.9. The summed E-state index contributed by atoms with van der Waals surface area (Å²) in [5.41, 5.74) is 4.48. The molecule has 5 aliphatic carbocycles. The predicted octanol–water partition coefficient (Wildman–Crippen LogP) is 6.05. The Bertz CT molecular complexity index is 1150. The van der Waals surface area contributed by atoms with Crippen LogP contribution >= 0.6 is 0 Å². The lowest BCUT2D eigenvalue weighted by atomic mass is 9.34. The quantitative estimate of drug-likeness (QED) is 0.464. The number of hydrogen-bond donors (Lipinski definition) is 1. The Morgan fingerprint density at radius 1 is 0.973 bits per heavy atom. The average Bonchev–Trinajstić information content (AvgIpc) is 3.25. The predicted molar refractivity (Wildman–Crippen MR) is 147 cm³/mol. The van der Waals surface area contributed by atoms with Crippen molar-refractivity contribution in [1.82, 2.24) is 4.90 Å². The smallest absolute Gasteiger partial charge is 0.222 e. The first-order chi connectivity index (χ1) is 17.2. The molecule has 1 heterocycles. The molecule has 1 N–H and O–H groups in total. The number of Topliss-reactive ketones (excluding diaryl/α,β-unsaturated/α-hetero) is 1. The van der Waals surface area contributed by atoms with Crippen LogP contribution in [0.15, 0.2) is 34.9 Å². The molecule has 0 aromatic rings. The van der Waals surface area contributed by atoms with E-state index in [0.717, 1.165) is 50.0 Å². The lowest BCUT2D eigenvalue weighted by Crippen LogP contribution is -2.62. The van der Waals surface area contributed by atoms with Gasteiger partial charge in [0.25, 0.3) is 0 Å². The van der Waals surface area contributed by atoms with Crippen LogP contribution in [0.3, 0.4) is 0 Å². The molecule has 1 saturated heterocycles. The molecule has 1 unspecified atom stereocenters. The number of nitrogens with zero attached hydrogens (tertiary/aromatic N) is 1. The molecule has 4 fully saturated rings. The van der Waals surface area contributed by atoms with Gasteiger partial charge in [0.2, 0.25) is 11.6 Å². The van der Waals surface area contributed by atoms with Crippen LogP contribution in [0.4, 0.5) is 0 Å². The second-order valence-corrected chi connectivity index (χ2v) is 15.2. The normalized spacial score (nSPS) is 49.8. The van der Waals surface area contributed by atoms with Gasteiger partial charge in [0.05, 0.1) is 6.10 Å². The van der Waals surface area contributed by atoms with Crippen molar-refractivity contribution in [2.45, 2.75) is 99.0 Å². The van der Waals surface area contributed by atoms with Crippen molar-refractivity contribution in [3.63, 3.8) is 0 Å². The summed E-state index contributed by atoms with van der Waals surface area (Å²) in [5, 5.41) is 10.1. The molecule has 4 heteroatoms. The zero-order valence-corrected chi connectivity index (χ0v) is 24.0. The highest BCUT2D eigenvalue weighted by molar-refractivity contribution is 6.44. The summed E-state index contributed by atoms with van der Waals surface area (Å²) in [6, 6.07) is 0. The van der Waals surface area contributed by atoms with Crippen LogP contribution in [0.5, 0.6) is 0 Å². The van der Waals surface area contributed by atoms with Crippen LogP contribution in [-0.2, 0) is 9.59 Å². The fraction of sp³-hybridized carbons (Fsp3) is 0.758. The molecule has 4 nitrogen and oxygen atoms in total. The summed E-state index contributed by atoms with van der Waals surface area (Å²) < 4.78 is 0. The monoisotopic (exact) mass is 505 g/mol. The number of likely N-dealkylation sites (tertiary alicyclic amines) is 1. The Labute approximate surface area is 223 Å². The number of fused-ring (bicyclic) bond motifs is 7. The number of aliphatic hydroxyl groups excluding tert-OH is 1. The van der Waals surface area contributed by atoms with E-state index < -0.39 is 0 Å². The van der Waals surface area contributed by atoms with Crippen LogP contribution in [0.25, 0.3) is 0 Å². The fourth-order valence-electron chi connectivity index (χ4n) is 10.3. The number of β-amino-alcohol motifs (C(OH)–C–C–N with tert-alkyl or cyclic N) is 1. The Balaban J connectivity index is 1.38. The largest absolute Gasteiger partial charge is 0.392 e. The van der Waals surface area contributed by atoms with Gasteiger partial charge in [-0.15, -0.1) is 0 Å². The van der Waals surface area contributed by atoms with E-state index in [9.17, 15) is 14.7 Å². The van der Waals surface area contributed by atoms with Gasteiger partial charge in [-0.05, 0) is 96.2 Å². The molecule has 0 spiro atoms. The van der Waals surface area contributed by atoms with Crippen molar-refractivity contribution in [1.29, 1.82) is 0 Å². The number of carbonyl (C=O) groups excluding carboxylic acids is 2. The van der Waals surface area contributed by atoms with E-state index in [2.05, 4.69) is 51.7 Å². The van der Waals surface area contributed by atoms with Crippen LogP contribution in [-0.4, -0.2) is 47.3 Å². The van der Waals surface area contributed by atoms with E-state index in [1.165, 1.54) is 37.7 Å². The average molecular weight is 506 g/mol. The molecule has 0 bridgehead atoms. The third kappa shape index (κ3) is 3.46. The first kappa shape index (κ1) is 25.7. The highest BCUT2D eigenvalue weighted by Gasteiger charge is 2.66. The number of allylic oxidation sites excluding steroid dienone is 6. The zero-order chi connectivity index (χ0) is 26.6. The molecule has 202 valence electrons. The fourth-order valence-corrected chi connectivity index (χ4v) is 10.3. The Morgan fingerprint density at radius 2 is 1.70 bits per heavy atom. The third-order valence-corrected chi connectivity index (χ3v) is 13.0. The summed E-state index contributed by atoms with van der Waals surface area (Å²) in [5.74, 6) is -0.251. The molecule has 0 amide bonds. The highest BCUT2D eigenvalue weighted by atomic mass is 16.3. The summed E-state index contributed by atoms with van der Waals surface area (Å²) in [6.45, 7) is 17.5. The van der Waals surface area contributed by atoms with Gasteiger partial charge in [0, 0.05) is 31.0 Å². The third-order valence-electron chi connectivity index (χ3n) is 13.0. The number of aliphatic hydroxyl groups is 1. The lowest BCUT2D eigenvalue weighted by Gasteiger charge is -2.70. The molecule has 0 aromatic heterocycles. The second-order valence-electron chi connectivity index (χ2n) is 15.2. The lowest BCUT2D eigenvalue weighted by molar-refractivity contribution is -0.163. The van der Waals surface area contributed by atoms with Crippen molar-refractivity contribution in [3.05, 3.63) is 34.9 Å². The van der Waals surface area contributed by atoms with Crippen molar-refractivity contribution >= 4 is 11.6 Å². The molecular weight excluding hydrogens is 458 g/mol. The van der Waals surface area contributed by atoms with Crippen LogP contribution < -0.4 is 0 Å². The molecule has 0 aromatic carbocycles. The molecule has 6 aliphatic rings. The first-order valence-corrected chi connectivity index (χ1v) is 14.9. The summed E-state index contributed by atoms with van der Waals surface area (Å²) in [4.78, 5) is 27.7. The summed E-state index contributed by atoms with van der Waals surface area (Å²) in [7, 11) is 0. The molecule has 3 saturated carbocycles. The van der Waals surface area contributed by atoms with Gasteiger partial charge in [-0.3, -0.25) is 9.59 Å². The van der Waals surface area contributed by atoms with Crippen LogP contribution in [0.2, 0.25) is 0 Å². The second kappa shape index (κ2) is 8.01. The van der Waals surface area contributed by atoms with Crippen molar-refractivity contribution in [2.24, 2.45) is 38.9 Å². The van der Waals surface area contributed by atoms with Crippen LogP contribution in [0.1, 0.15) is 92.9 Å². The standard InChI is InChI=1S/C33H47NO3/c1-21-23-7-8-26-31(4,24(23)17-25(36)28(21)37)13-15-33(6)27-18-29(2,20-34-16-9-22(35)19-34)10-11-30(27,3)12-14-32(26,33)5/h7-8,17,21-22,27,35H,9-16,18-20H2,1-6H3/t21?,22-,27+,29+,30+,31-,32+,33-/m0/s1. The van der Waals surface area contributed by atoms with Crippen molar-refractivity contribution < 1.29 is 14.7 Å². The summed E-state index contributed by atoms with van der Waals surface area (Å²) in [6.07, 6.45) is 15.5. The van der Waals surface area contributed by atoms with Gasteiger partial charge in [-0.1, -0.05) is 59.3 Å². The van der Waals surface area contributed by atoms with E-state index in [0.29, 0.717) is 16.7 Å². The maximum atomic E-state index is 12.7.